The maximum Gasteiger partial charge on any atom is 0.496 e. The van der Waals surface area contributed by atoms with Crippen molar-refractivity contribution < 1.29 is 63.6 Å². The SMILES string of the molecule is C=C(C)C(=O)OCC(F)(F)OC(F)(F)OC(F)(F)OC(F)(F)COc1ccc2cc(-c3cccnc3)sc2c1. The molecule has 0 aliphatic rings. The van der Waals surface area contributed by atoms with E-state index in [-0.39, 0.29) is 11.3 Å². The van der Waals surface area contributed by atoms with Crippen LogP contribution in [0.3, 0.4) is 0 Å². The van der Waals surface area contributed by atoms with Crippen LogP contribution in [0.2, 0.25) is 0 Å². The number of hydrogen-bond donors (Lipinski definition) is 0. The Morgan fingerprint density at radius 1 is 0.923 bits per heavy atom. The summed E-state index contributed by atoms with van der Waals surface area (Å²) in [5.74, 6) is -1.63. The van der Waals surface area contributed by atoms with Crippen LogP contribution in [0.15, 0.2) is 60.9 Å². The van der Waals surface area contributed by atoms with Crippen molar-refractivity contribution in [2.45, 2.75) is 31.7 Å². The second-order valence-corrected chi connectivity index (χ2v) is 8.79. The summed E-state index contributed by atoms with van der Waals surface area (Å²) in [5, 5.41) is 0.711. The van der Waals surface area contributed by atoms with Gasteiger partial charge in [0, 0.05) is 33.1 Å². The molecule has 0 aliphatic heterocycles. The number of ether oxygens (including phenoxy) is 5. The number of rotatable bonds is 13. The Labute approximate surface area is 218 Å². The molecule has 3 aromatic rings. The minimum absolute atomic E-state index is 0.202. The van der Waals surface area contributed by atoms with Gasteiger partial charge < -0.3 is 9.47 Å². The summed E-state index contributed by atoms with van der Waals surface area (Å²) in [6, 6.07) is 9.39. The van der Waals surface area contributed by atoms with E-state index in [1.807, 2.05) is 0 Å². The number of fused-ring (bicyclic) bond motifs is 1. The molecular weight excluding hydrogens is 570 g/mol. The number of carbonyl (C=O) groups is 1. The van der Waals surface area contributed by atoms with E-state index in [2.05, 4.69) is 30.5 Å². The Bertz CT molecular complexity index is 1320. The van der Waals surface area contributed by atoms with Crippen LogP contribution in [0.1, 0.15) is 6.92 Å². The Hall–Kier alpha value is -3.34. The van der Waals surface area contributed by atoms with Crippen molar-refractivity contribution >= 4 is 27.4 Å². The fourth-order valence-electron chi connectivity index (χ4n) is 2.78. The number of carbonyl (C=O) groups excluding carboxylic acids is 1. The van der Waals surface area contributed by atoms with E-state index in [0.717, 1.165) is 17.4 Å². The number of halogens is 8. The number of hydrogen-bond acceptors (Lipinski definition) is 8. The molecule has 0 spiro atoms. The zero-order chi connectivity index (χ0) is 29.1. The van der Waals surface area contributed by atoms with E-state index in [9.17, 15) is 39.9 Å². The van der Waals surface area contributed by atoms with Crippen molar-refractivity contribution in [1.29, 1.82) is 0 Å². The van der Waals surface area contributed by atoms with Crippen LogP contribution in [0, 0.1) is 0 Å². The van der Waals surface area contributed by atoms with Crippen molar-refractivity contribution in [1.82, 2.24) is 4.98 Å². The maximum atomic E-state index is 13.9. The van der Waals surface area contributed by atoms with Gasteiger partial charge in [0.2, 0.25) is 0 Å². The predicted octanol–water partition coefficient (Wildman–Crippen LogP) is 6.80. The van der Waals surface area contributed by atoms with Gasteiger partial charge in [-0.2, -0.15) is 17.6 Å². The van der Waals surface area contributed by atoms with Gasteiger partial charge in [0.05, 0.1) is 0 Å². The number of esters is 1. The average molecular weight is 587 g/mol. The summed E-state index contributed by atoms with van der Waals surface area (Å²) >= 11 is 1.26. The summed E-state index contributed by atoms with van der Waals surface area (Å²) in [5.41, 5.74) is 0.401. The molecule has 3 rings (SSSR count). The Morgan fingerprint density at radius 3 is 2.15 bits per heavy atom. The number of pyridine rings is 1. The molecule has 0 unspecified atom stereocenters. The molecule has 7 nitrogen and oxygen atoms in total. The molecule has 0 atom stereocenters. The molecular formula is C23H17F8NO6S. The van der Waals surface area contributed by atoms with E-state index in [4.69, 9.17) is 4.74 Å². The average Bonchev–Trinajstić information content (AvgIpc) is 3.23. The molecule has 0 radical (unpaired) electrons. The van der Waals surface area contributed by atoms with Crippen LogP contribution in [-0.2, 0) is 23.7 Å². The fourth-order valence-corrected chi connectivity index (χ4v) is 3.86. The van der Waals surface area contributed by atoms with Gasteiger partial charge in [0.1, 0.15) is 5.75 Å². The third-order valence-electron chi connectivity index (χ3n) is 4.34. The number of alkyl halides is 8. The van der Waals surface area contributed by atoms with Crippen molar-refractivity contribution in [2.24, 2.45) is 0 Å². The normalized spacial score (nSPS) is 12.9. The minimum Gasteiger partial charge on any atom is -0.484 e. The largest absolute Gasteiger partial charge is 0.496 e. The molecule has 0 saturated heterocycles. The molecule has 2 aromatic heterocycles. The lowest BCUT2D eigenvalue weighted by molar-refractivity contribution is -0.574. The Kier molecular flexibility index (Phi) is 8.84. The molecule has 0 fully saturated rings. The van der Waals surface area contributed by atoms with Gasteiger partial charge in [-0.05, 0) is 42.6 Å². The monoisotopic (exact) mass is 587 g/mol. The molecule has 1 aromatic carbocycles. The van der Waals surface area contributed by atoms with E-state index >= 15 is 0 Å². The van der Waals surface area contributed by atoms with Gasteiger partial charge in [-0.3, -0.25) is 4.98 Å². The van der Waals surface area contributed by atoms with E-state index in [1.54, 1.807) is 30.6 Å². The van der Waals surface area contributed by atoms with Gasteiger partial charge in [0.25, 0.3) is 0 Å². The van der Waals surface area contributed by atoms with Crippen molar-refractivity contribution in [2.75, 3.05) is 13.2 Å². The van der Waals surface area contributed by atoms with E-state index < -0.39 is 44.0 Å². The Morgan fingerprint density at radius 2 is 1.56 bits per heavy atom. The summed E-state index contributed by atoms with van der Waals surface area (Å²) in [6.45, 7) is 0.0463. The van der Waals surface area contributed by atoms with Gasteiger partial charge in [-0.25, -0.2) is 19.0 Å². The van der Waals surface area contributed by atoms with Crippen molar-refractivity contribution in [3.8, 4) is 16.2 Å². The smallest absolute Gasteiger partial charge is 0.484 e. The Balaban J connectivity index is 1.58. The van der Waals surface area contributed by atoms with Crippen LogP contribution < -0.4 is 4.74 Å². The molecule has 212 valence electrons. The fraction of sp³-hybridized carbons (Fsp3) is 0.304. The van der Waals surface area contributed by atoms with Crippen LogP contribution in [0.4, 0.5) is 35.1 Å². The highest BCUT2D eigenvalue weighted by Gasteiger charge is 2.57. The lowest BCUT2D eigenvalue weighted by Gasteiger charge is -2.27. The zero-order valence-electron chi connectivity index (χ0n) is 19.6. The molecule has 16 heteroatoms. The van der Waals surface area contributed by atoms with Gasteiger partial charge >= 0.3 is 30.8 Å². The number of aromatic nitrogens is 1. The van der Waals surface area contributed by atoms with E-state index in [1.165, 1.54) is 29.5 Å². The summed E-state index contributed by atoms with van der Waals surface area (Å²) in [7, 11) is 0. The molecule has 0 amide bonds. The third kappa shape index (κ3) is 9.12. The lowest BCUT2D eigenvalue weighted by Crippen LogP contribution is -2.46. The van der Waals surface area contributed by atoms with E-state index in [0.29, 0.717) is 10.1 Å². The zero-order valence-corrected chi connectivity index (χ0v) is 20.4. The molecule has 39 heavy (non-hydrogen) atoms. The highest BCUT2D eigenvalue weighted by Crippen LogP contribution is 2.38. The van der Waals surface area contributed by atoms with Gasteiger partial charge in [-0.1, -0.05) is 12.6 Å². The number of benzene rings is 1. The first-order valence-corrected chi connectivity index (χ1v) is 11.3. The minimum atomic E-state index is -5.87. The van der Waals surface area contributed by atoms with Crippen molar-refractivity contribution in [3.63, 3.8) is 0 Å². The number of nitrogens with zero attached hydrogens (tertiary/aromatic N) is 1. The molecule has 2 heterocycles. The highest BCUT2D eigenvalue weighted by molar-refractivity contribution is 7.22. The molecule has 0 N–H and O–H groups in total. The summed E-state index contributed by atoms with van der Waals surface area (Å²) in [4.78, 5) is 15.9. The summed E-state index contributed by atoms with van der Waals surface area (Å²) in [6.07, 6.45) is -18.5. The van der Waals surface area contributed by atoms with Crippen LogP contribution in [0.25, 0.3) is 20.5 Å². The van der Waals surface area contributed by atoms with Crippen LogP contribution >= 0.6 is 11.3 Å². The second-order valence-electron chi connectivity index (χ2n) is 7.70. The second kappa shape index (κ2) is 11.4. The predicted molar refractivity (Wildman–Crippen MR) is 119 cm³/mol. The van der Waals surface area contributed by atoms with Crippen LogP contribution in [-0.4, -0.2) is 49.0 Å². The van der Waals surface area contributed by atoms with Gasteiger partial charge in [0.15, 0.2) is 13.2 Å². The first-order chi connectivity index (χ1) is 18.0. The maximum absolute atomic E-state index is 13.9. The standard InChI is InChI=1S/C23H17F8NO6S/c1-13(2)19(33)35-12-21(26,27)37-23(30,31)38-22(28,29)36-20(24,25)11-34-16-6-5-14-8-17(39-18(14)9-16)15-4-3-7-32-10-15/h3-10H,1,11-12H2,2H3. The van der Waals surface area contributed by atoms with Gasteiger partial charge in [-0.15, -0.1) is 28.9 Å². The third-order valence-corrected chi connectivity index (χ3v) is 5.49. The summed E-state index contributed by atoms with van der Waals surface area (Å²) < 4.78 is 126. The quantitative estimate of drug-likeness (QED) is 0.0943. The molecule has 0 bridgehead atoms. The molecule has 0 aliphatic carbocycles. The lowest BCUT2D eigenvalue weighted by atomic mass is 10.2. The first kappa shape index (κ1) is 30.2. The molecule has 0 saturated carbocycles. The first-order valence-electron chi connectivity index (χ1n) is 10.5. The topological polar surface area (TPSA) is 76.1 Å². The highest BCUT2D eigenvalue weighted by atomic mass is 32.1. The van der Waals surface area contributed by atoms with Crippen molar-refractivity contribution in [3.05, 3.63) is 60.9 Å². The number of thiophene rings is 1. The van der Waals surface area contributed by atoms with Crippen LogP contribution in [0.5, 0.6) is 5.75 Å².